The molecule has 3 rings (SSSR count). The first-order valence-corrected chi connectivity index (χ1v) is 9.39. The van der Waals surface area contributed by atoms with Gasteiger partial charge in [-0.2, -0.15) is 0 Å². The van der Waals surface area contributed by atoms with Crippen LogP contribution in [0.3, 0.4) is 0 Å². The number of nitrogens with one attached hydrogen (secondary N) is 1. The number of para-hydroxylation sites is 1. The molecule has 0 radical (unpaired) electrons. The van der Waals surface area contributed by atoms with Gasteiger partial charge in [-0.15, -0.1) is 0 Å². The van der Waals surface area contributed by atoms with Crippen LogP contribution in [0.1, 0.15) is 5.56 Å². The Kier molecular flexibility index (Phi) is 6.71. The van der Waals surface area contributed by atoms with Crippen molar-refractivity contribution in [1.82, 2.24) is 10.2 Å². The number of hydrogen-bond acceptors (Lipinski definition) is 5. The van der Waals surface area contributed by atoms with Gasteiger partial charge in [0, 0.05) is 39.8 Å². The van der Waals surface area contributed by atoms with E-state index < -0.39 is 6.09 Å². The summed E-state index contributed by atoms with van der Waals surface area (Å²) in [4.78, 5) is 15.9. The van der Waals surface area contributed by atoms with E-state index >= 15 is 0 Å². The smallest absolute Gasteiger partial charge is 0.412 e. The number of halogens is 1. The maximum absolute atomic E-state index is 13.9. The minimum absolute atomic E-state index is 0.165. The van der Waals surface area contributed by atoms with Gasteiger partial charge in [-0.25, -0.2) is 9.18 Å². The zero-order valence-corrected chi connectivity index (χ0v) is 16.3. The Morgan fingerprint density at radius 2 is 1.86 bits per heavy atom. The van der Waals surface area contributed by atoms with Crippen molar-refractivity contribution < 1.29 is 18.7 Å². The lowest BCUT2D eigenvalue weighted by Gasteiger charge is -2.36. The van der Waals surface area contributed by atoms with E-state index in [4.69, 9.17) is 9.47 Å². The molecule has 2 aromatic rings. The minimum atomic E-state index is -0.529. The molecule has 1 aliphatic rings. The summed E-state index contributed by atoms with van der Waals surface area (Å²) >= 11 is 0. The normalized spacial score (nSPS) is 14.6. The maximum Gasteiger partial charge on any atom is 0.412 e. The monoisotopic (exact) mass is 387 g/mol. The Morgan fingerprint density at radius 3 is 2.54 bits per heavy atom. The number of anilines is 1. The quantitative estimate of drug-likeness (QED) is 0.826. The molecule has 150 valence electrons. The maximum atomic E-state index is 13.9. The van der Waals surface area contributed by atoms with Crippen LogP contribution < -0.4 is 19.7 Å². The average molecular weight is 387 g/mol. The van der Waals surface area contributed by atoms with Crippen LogP contribution >= 0.6 is 0 Å². The van der Waals surface area contributed by atoms with Crippen LogP contribution in [0.25, 0.3) is 0 Å². The Morgan fingerprint density at radius 1 is 1.11 bits per heavy atom. The molecule has 7 heteroatoms. The fourth-order valence-corrected chi connectivity index (χ4v) is 3.31. The Bertz CT molecular complexity index is 807. The number of rotatable bonds is 6. The molecule has 1 fully saturated rings. The van der Waals surface area contributed by atoms with Crippen molar-refractivity contribution in [3.05, 3.63) is 53.8 Å². The van der Waals surface area contributed by atoms with Crippen LogP contribution in [0, 0.1) is 5.82 Å². The first-order chi connectivity index (χ1) is 13.6. The highest BCUT2D eigenvalue weighted by atomic mass is 19.1. The first kappa shape index (κ1) is 19.9. The second-order valence-electron chi connectivity index (χ2n) is 6.65. The summed E-state index contributed by atoms with van der Waals surface area (Å²) in [7, 11) is 3.06. The largest absolute Gasteiger partial charge is 0.493 e. The summed E-state index contributed by atoms with van der Waals surface area (Å²) in [6.45, 7) is 4.31. The highest BCUT2D eigenvalue weighted by Gasteiger charge is 2.19. The number of carbonyl (C=O) groups is 1. The number of amides is 1. The van der Waals surface area contributed by atoms with Gasteiger partial charge in [0.1, 0.15) is 5.82 Å². The van der Waals surface area contributed by atoms with Gasteiger partial charge in [0.25, 0.3) is 0 Å². The zero-order chi connectivity index (χ0) is 19.9. The minimum Gasteiger partial charge on any atom is -0.493 e. The Balaban J connectivity index is 1.52. The molecular formula is C21H26FN3O3. The van der Waals surface area contributed by atoms with Crippen molar-refractivity contribution in [3.8, 4) is 11.5 Å². The van der Waals surface area contributed by atoms with Crippen molar-refractivity contribution in [3.63, 3.8) is 0 Å². The Hall–Kier alpha value is -2.80. The van der Waals surface area contributed by atoms with Gasteiger partial charge >= 0.3 is 6.09 Å². The Labute approximate surface area is 164 Å². The van der Waals surface area contributed by atoms with E-state index in [-0.39, 0.29) is 5.82 Å². The molecule has 6 nitrogen and oxygen atoms in total. The zero-order valence-electron chi connectivity index (χ0n) is 16.3. The van der Waals surface area contributed by atoms with E-state index in [2.05, 4.69) is 15.1 Å². The predicted molar refractivity (Wildman–Crippen MR) is 107 cm³/mol. The predicted octanol–water partition coefficient (Wildman–Crippen LogP) is 2.92. The number of hydrogen-bond donors (Lipinski definition) is 1. The molecule has 1 saturated heterocycles. The number of benzene rings is 2. The number of methoxy groups -OCH3 is 1. The summed E-state index contributed by atoms with van der Waals surface area (Å²) in [6, 6.07) is 12.5. The van der Waals surface area contributed by atoms with Gasteiger partial charge in [-0.05, 0) is 36.2 Å². The third kappa shape index (κ3) is 4.92. The molecule has 0 atom stereocenters. The summed E-state index contributed by atoms with van der Waals surface area (Å²) in [5.74, 6) is 0.761. The van der Waals surface area contributed by atoms with Crippen molar-refractivity contribution in [2.24, 2.45) is 0 Å². The molecule has 28 heavy (non-hydrogen) atoms. The SMILES string of the molecule is CNC(=O)Oc1ccc(CCN2CCN(c3ccccc3F)CC2)cc1OC. The molecule has 1 amide bonds. The van der Waals surface area contributed by atoms with Crippen molar-refractivity contribution >= 4 is 11.8 Å². The average Bonchev–Trinajstić information content (AvgIpc) is 2.73. The van der Waals surface area contributed by atoms with Crippen LogP contribution in [0.15, 0.2) is 42.5 Å². The standard InChI is InChI=1S/C21H26FN3O3/c1-23-21(26)28-19-8-7-16(15-20(19)27-2)9-10-24-11-13-25(14-12-24)18-6-4-3-5-17(18)22/h3-8,15H,9-14H2,1-2H3,(H,23,26). The van der Waals surface area contributed by atoms with Gasteiger partial charge in [0.15, 0.2) is 11.5 Å². The second-order valence-corrected chi connectivity index (χ2v) is 6.65. The lowest BCUT2D eigenvalue weighted by Crippen LogP contribution is -2.47. The molecule has 0 saturated carbocycles. The molecule has 0 unspecified atom stereocenters. The number of carbonyl (C=O) groups excluding carboxylic acids is 1. The third-order valence-corrected chi connectivity index (χ3v) is 4.92. The van der Waals surface area contributed by atoms with E-state index in [1.54, 1.807) is 19.2 Å². The molecule has 0 aliphatic carbocycles. The molecule has 1 aliphatic heterocycles. The van der Waals surface area contributed by atoms with Gasteiger partial charge < -0.3 is 19.7 Å². The van der Waals surface area contributed by atoms with E-state index in [0.29, 0.717) is 17.2 Å². The summed E-state index contributed by atoms with van der Waals surface area (Å²) < 4.78 is 24.5. The van der Waals surface area contributed by atoms with Gasteiger partial charge in [-0.3, -0.25) is 4.90 Å². The summed E-state index contributed by atoms with van der Waals surface area (Å²) in [6.07, 6.45) is 0.329. The summed E-state index contributed by atoms with van der Waals surface area (Å²) in [5.41, 5.74) is 1.79. The van der Waals surface area contributed by atoms with Crippen molar-refractivity contribution in [1.29, 1.82) is 0 Å². The molecule has 2 aromatic carbocycles. The van der Waals surface area contributed by atoms with Crippen LogP contribution in [0.4, 0.5) is 14.9 Å². The van der Waals surface area contributed by atoms with Gasteiger partial charge in [0.2, 0.25) is 0 Å². The fourth-order valence-electron chi connectivity index (χ4n) is 3.31. The molecule has 1 heterocycles. The molecule has 0 bridgehead atoms. The fraction of sp³-hybridized carbons (Fsp3) is 0.381. The van der Waals surface area contributed by atoms with E-state index in [0.717, 1.165) is 44.7 Å². The van der Waals surface area contributed by atoms with E-state index in [1.165, 1.54) is 13.1 Å². The van der Waals surface area contributed by atoms with E-state index in [1.807, 2.05) is 24.3 Å². The van der Waals surface area contributed by atoms with Crippen LogP contribution in [-0.2, 0) is 6.42 Å². The molecular weight excluding hydrogens is 361 g/mol. The summed E-state index contributed by atoms with van der Waals surface area (Å²) in [5, 5.41) is 2.42. The topological polar surface area (TPSA) is 54.0 Å². The highest BCUT2D eigenvalue weighted by Crippen LogP contribution is 2.28. The van der Waals surface area contributed by atoms with E-state index in [9.17, 15) is 9.18 Å². The highest BCUT2D eigenvalue weighted by molar-refractivity contribution is 5.71. The van der Waals surface area contributed by atoms with Crippen LogP contribution in [0.2, 0.25) is 0 Å². The molecule has 0 aromatic heterocycles. The number of nitrogens with zero attached hydrogens (tertiary/aromatic N) is 2. The lowest BCUT2D eigenvalue weighted by atomic mass is 10.1. The van der Waals surface area contributed by atoms with Gasteiger partial charge in [-0.1, -0.05) is 18.2 Å². The number of ether oxygens (including phenoxy) is 2. The van der Waals surface area contributed by atoms with Crippen LogP contribution in [-0.4, -0.2) is 57.9 Å². The second kappa shape index (κ2) is 9.41. The van der Waals surface area contributed by atoms with Gasteiger partial charge in [0.05, 0.1) is 12.8 Å². The van der Waals surface area contributed by atoms with Crippen molar-refractivity contribution in [2.45, 2.75) is 6.42 Å². The lowest BCUT2D eigenvalue weighted by molar-refractivity contribution is 0.201. The molecule has 1 N–H and O–H groups in total. The third-order valence-electron chi connectivity index (χ3n) is 4.92. The van der Waals surface area contributed by atoms with Crippen LogP contribution in [0.5, 0.6) is 11.5 Å². The van der Waals surface area contributed by atoms with Crippen molar-refractivity contribution in [2.75, 3.05) is 51.8 Å². The molecule has 0 spiro atoms. The first-order valence-electron chi connectivity index (χ1n) is 9.39. The number of piperazine rings is 1.